The molecule has 0 atom stereocenters. The molecule has 0 fully saturated rings. The van der Waals surface area contributed by atoms with Crippen LogP contribution in [0.4, 0.5) is 0 Å². The first-order valence-electron chi connectivity index (χ1n) is 7.22. The van der Waals surface area contributed by atoms with Crippen LogP contribution in [-0.2, 0) is 22.2 Å². The summed E-state index contributed by atoms with van der Waals surface area (Å²) in [5, 5.41) is 0. The molecule has 12 heteroatoms. The van der Waals surface area contributed by atoms with Crippen LogP contribution in [0.25, 0.3) is 11.4 Å². The van der Waals surface area contributed by atoms with Crippen LogP contribution in [0.2, 0.25) is 0 Å². The summed E-state index contributed by atoms with van der Waals surface area (Å²) in [6.45, 7) is 0.266. The third-order valence-electron chi connectivity index (χ3n) is 3.41. The third-order valence-corrected chi connectivity index (χ3v) is 4.97. The Labute approximate surface area is 163 Å². The monoisotopic (exact) mass is 444 g/mol. The van der Waals surface area contributed by atoms with Gasteiger partial charge in [-0.25, -0.2) is 0 Å². The van der Waals surface area contributed by atoms with E-state index in [9.17, 15) is 9.13 Å². The highest BCUT2D eigenvalue weighted by Crippen LogP contribution is 2.34. The molecule has 8 nitrogen and oxygen atoms in total. The number of aromatic nitrogens is 2. The first kappa shape index (κ1) is 25.2. The Morgan fingerprint density at radius 3 is 1.35 bits per heavy atom. The Bertz CT molecular complexity index is 744. The van der Waals surface area contributed by atoms with E-state index in [1.807, 2.05) is 0 Å². The van der Waals surface area contributed by atoms with Gasteiger partial charge in [-0.2, -0.15) is 9.13 Å². The van der Waals surface area contributed by atoms with Crippen molar-refractivity contribution in [2.45, 2.75) is 13.1 Å². The molecular weight excluding hydrogens is 425 g/mol. The standard InChI is InChI=1S/C14H18N2O6P2.2ClH/c17-23(18,19)11-9-15-7-3-1-5-13(15)14-6-2-4-8-16(14)10-12-24(20,21)22;;/h1-8H,9-12H2,(H2-2,17,18,19,20,21,22);2*1H. The molecule has 4 N–H and O–H groups in total. The minimum Gasteiger partial charge on any atom is -1.00 e. The molecule has 0 aliphatic rings. The van der Waals surface area contributed by atoms with E-state index in [2.05, 4.69) is 0 Å². The predicted octanol–water partition coefficient (Wildman–Crippen LogP) is -5.71. The summed E-state index contributed by atoms with van der Waals surface area (Å²) in [7, 11) is -8.24. The second kappa shape index (κ2) is 10.5. The molecule has 0 aliphatic heterocycles. The van der Waals surface area contributed by atoms with Gasteiger partial charge in [-0.3, -0.25) is 9.13 Å². The summed E-state index contributed by atoms with van der Waals surface area (Å²) in [6, 6.07) is 10.7. The molecule has 0 unspecified atom stereocenters. The van der Waals surface area contributed by atoms with Crippen LogP contribution in [0.15, 0.2) is 48.8 Å². The van der Waals surface area contributed by atoms with E-state index in [4.69, 9.17) is 19.6 Å². The van der Waals surface area contributed by atoms with Crippen molar-refractivity contribution in [1.29, 1.82) is 0 Å². The maximum atomic E-state index is 11.1. The molecular formula is C14H20Cl2N2O6P2. The SMILES string of the molecule is O=P(O)(O)CC[n+]1ccccc1-c1cccc[n+]1CCP(=O)(O)O.[Cl-].[Cl-]. The number of halogens is 2. The average Bonchev–Trinajstić information content (AvgIpc) is 2.50. The van der Waals surface area contributed by atoms with Gasteiger partial charge in [-0.15, -0.1) is 0 Å². The van der Waals surface area contributed by atoms with E-state index in [0.717, 1.165) is 0 Å². The van der Waals surface area contributed by atoms with Crippen molar-refractivity contribution >= 4 is 15.2 Å². The highest BCUT2D eigenvalue weighted by atomic mass is 35.5. The molecule has 2 aromatic heterocycles. The zero-order valence-corrected chi connectivity index (χ0v) is 16.9. The van der Waals surface area contributed by atoms with Crippen LogP contribution in [-0.4, -0.2) is 31.9 Å². The molecule has 0 saturated heterocycles. The average molecular weight is 445 g/mol. The molecule has 2 heterocycles. The van der Waals surface area contributed by atoms with Crippen LogP contribution in [0, 0.1) is 0 Å². The molecule has 0 saturated carbocycles. The van der Waals surface area contributed by atoms with E-state index in [-0.39, 0.29) is 50.2 Å². The molecule has 0 amide bonds. The highest BCUT2D eigenvalue weighted by molar-refractivity contribution is 7.51. The van der Waals surface area contributed by atoms with E-state index in [1.165, 1.54) is 0 Å². The predicted molar refractivity (Wildman–Crippen MR) is 86.1 cm³/mol. The normalized spacial score (nSPS) is 11.4. The van der Waals surface area contributed by atoms with E-state index in [1.54, 1.807) is 57.9 Å². The van der Waals surface area contributed by atoms with Crippen LogP contribution in [0.1, 0.15) is 0 Å². The smallest absolute Gasteiger partial charge is 0.331 e. The molecule has 146 valence electrons. The summed E-state index contributed by atoms with van der Waals surface area (Å²) in [5.41, 5.74) is 1.41. The van der Waals surface area contributed by atoms with Crippen molar-refractivity contribution in [3.05, 3.63) is 48.8 Å². The highest BCUT2D eigenvalue weighted by Gasteiger charge is 2.26. The number of hydrogen-bond acceptors (Lipinski definition) is 2. The molecule has 0 radical (unpaired) electrons. The lowest BCUT2D eigenvalue weighted by molar-refractivity contribution is -0.711. The Morgan fingerprint density at radius 1 is 0.692 bits per heavy atom. The third kappa shape index (κ3) is 8.25. The van der Waals surface area contributed by atoms with E-state index < -0.39 is 15.2 Å². The van der Waals surface area contributed by atoms with Gasteiger partial charge in [0.2, 0.25) is 0 Å². The van der Waals surface area contributed by atoms with Crippen molar-refractivity contribution in [3.63, 3.8) is 0 Å². The minimum atomic E-state index is -4.12. The van der Waals surface area contributed by atoms with Gasteiger partial charge in [0.15, 0.2) is 25.5 Å². The fraction of sp³-hybridized carbons (Fsp3) is 0.286. The maximum Gasteiger partial charge on any atom is 0.331 e. The topological polar surface area (TPSA) is 123 Å². The van der Waals surface area contributed by atoms with Gasteiger partial charge in [0.25, 0.3) is 11.4 Å². The molecule has 0 aliphatic carbocycles. The van der Waals surface area contributed by atoms with E-state index >= 15 is 0 Å². The summed E-state index contributed by atoms with van der Waals surface area (Å²) in [4.78, 5) is 36.3. The van der Waals surface area contributed by atoms with Gasteiger partial charge < -0.3 is 44.4 Å². The lowest BCUT2D eigenvalue weighted by Crippen LogP contribution is -3.00. The van der Waals surface area contributed by atoms with Gasteiger partial charge in [-0.05, 0) is 12.1 Å². The van der Waals surface area contributed by atoms with Crippen molar-refractivity contribution < 1.29 is 62.7 Å². The Morgan fingerprint density at radius 2 is 1.04 bits per heavy atom. The zero-order valence-electron chi connectivity index (χ0n) is 13.6. The number of rotatable bonds is 7. The van der Waals surface area contributed by atoms with Gasteiger partial charge in [0, 0.05) is 24.3 Å². The summed E-state index contributed by atoms with van der Waals surface area (Å²) < 4.78 is 25.7. The second-order valence-electron chi connectivity index (χ2n) is 5.34. The number of pyridine rings is 2. The lowest BCUT2D eigenvalue weighted by Gasteiger charge is -2.06. The molecule has 2 aromatic rings. The van der Waals surface area contributed by atoms with Crippen LogP contribution in [0.5, 0.6) is 0 Å². The Kier molecular flexibility index (Phi) is 10.2. The minimum absolute atomic E-state index is 0. The quantitative estimate of drug-likeness (QED) is 0.249. The number of aryl methyl sites for hydroxylation is 2. The summed E-state index contributed by atoms with van der Waals surface area (Å²) in [5.74, 6) is 0. The number of hydrogen-bond donors (Lipinski definition) is 4. The van der Waals surface area contributed by atoms with E-state index in [0.29, 0.717) is 11.4 Å². The Balaban J connectivity index is 0.00000312. The largest absolute Gasteiger partial charge is 1.00 e. The fourth-order valence-electron chi connectivity index (χ4n) is 2.28. The molecule has 26 heavy (non-hydrogen) atoms. The lowest BCUT2D eigenvalue weighted by atomic mass is 10.2. The van der Waals surface area contributed by atoms with Crippen molar-refractivity contribution in [3.8, 4) is 11.4 Å². The molecule has 0 aromatic carbocycles. The van der Waals surface area contributed by atoms with Gasteiger partial charge in [0.1, 0.15) is 12.3 Å². The van der Waals surface area contributed by atoms with Gasteiger partial charge >= 0.3 is 15.2 Å². The maximum absolute atomic E-state index is 11.1. The van der Waals surface area contributed by atoms with Crippen molar-refractivity contribution in [2.75, 3.05) is 12.3 Å². The van der Waals surface area contributed by atoms with Crippen molar-refractivity contribution in [1.82, 2.24) is 0 Å². The molecule has 0 bridgehead atoms. The fourth-order valence-corrected chi connectivity index (χ4v) is 3.24. The first-order valence-corrected chi connectivity index (χ1v) is 10.8. The molecule has 0 spiro atoms. The second-order valence-corrected chi connectivity index (χ2v) is 8.89. The Hall–Kier alpha value is -0.820. The zero-order chi connectivity index (χ0) is 17.8. The first-order chi connectivity index (χ1) is 11.2. The van der Waals surface area contributed by atoms with Crippen LogP contribution in [0.3, 0.4) is 0 Å². The number of nitrogens with zero attached hydrogens (tertiary/aromatic N) is 2. The van der Waals surface area contributed by atoms with Crippen LogP contribution < -0.4 is 33.9 Å². The van der Waals surface area contributed by atoms with Gasteiger partial charge in [0.05, 0.1) is 0 Å². The summed E-state index contributed by atoms with van der Waals surface area (Å²) in [6.07, 6.45) is 2.85. The summed E-state index contributed by atoms with van der Waals surface area (Å²) >= 11 is 0. The molecule has 2 rings (SSSR count). The van der Waals surface area contributed by atoms with Crippen LogP contribution >= 0.6 is 15.2 Å². The van der Waals surface area contributed by atoms with Crippen molar-refractivity contribution in [2.24, 2.45) is 0 Å². The van der Waals surface area contributed by atoms with Gasteiger partial charge in [-0.1, -0.05) is 0 Å².